The number of hydrogen-bond donors (Lipinski definition) is 2. The summed E-state index contributed by atoms with van der Waals surface area (Å²) in [6, 6.07) is 20.9. The fourth-order valence-corrected chi connectivity index (χ4v) is 3.35. The predicted octanol–water partition coefficient (Wildman–Crippen LogP) is 4.77. The standard InChI is InChI=1S/C21H19O6P/c22-18-11-9-17(10-12-18)21(23)15-8-16-6-13-20(14-7-16)27-28(24,25)26-19-4-2-1-3-5-19/h1-7,9-14,22H,8,15H2,(H,24,25). The Bertz CT molecular complexity index is 968. The van der Waals surface area contributed by atoms with E-state index in [9.17, 15) is 19.4 Å². The van der Waals surface area contributed by atoms with Crippen LogP contribution in [0, 0.1) is 0 Å². The lowest BCUT2D eigenvalue weighted by molar-refractivity contribution is 0.0983. The second-order valence-electron chi connectivity index (χ2n) is 6.08. The lowest BCUT2D eigenvalue weighted by Crippen LogP contribution is -2.01. The Hall–Kier alpha value is -3.08. The smallest absolute Gasteiger partial charge is 0.508 e. The molecule has 0 aliphatic heterocycles. The van der Waals surface area contributed by atoms with Crippen molar-refractivity contribution in [2.45, 2.75) is 12.8 Å². The Morgan fingerprint density at radius 2 is 1.39 bits per heavy atom. The number of phenols is 1. The van der Waals surface area contributed by atoms with E-state index in [2.05, 4.69) is 0 Å². The number of rotatable bonds is 8. The molecule has 2 N–H and O–H groups in total. The van der Waals surface area contributed by atoms with Gasteiger partial charge in [-0.2, -0.15) is 0 Å². The summed E-state index contributed by atoms with van der Waals surface area (Å²) < 4.78 is 22.1. The number of phosphoric ester groups is 1. The molecule has 144 valence electrons. The molecule has 1 atom stereocenters. The number of benzene rings is 3. The Morgan fingerprint density at radius 3 is 2.00 bits per heavy atom. The summed E-state index contributed by atoms with van der Waals surface area (Å²) in [7, 11) is -4.30. The monoisotopic (exact) mass is 398 g/mol. The first-order chi connectivity index (χ1) is 13.4. The molecule has 0 saturated heterocycles. The summed E-state index contributed by atoms with van der Waals surface area (Å²) in [4.78, 5) is 22.0. The van der Waals surface area contributed by atoms with Gasteiger partial charge in [-0.05, 0) is 60.5 Å². The van der Waals surface area contributed by atoms with Crippen LogP contribution >= 0.6 is 7.82 Å². The van der Waals surface area contributed by atoms with Crippen LogP contribution in [0.4, 0.5) is 0 Å². The quantitative estimate of drug-likeness (QED) is 0.420. The van der Waals surface area contributed by atoms with Crippen LogP contribution in [0.15, 0.2) is 78.9 Å². The Labute approximate surface area is 162 Å². The number of phenolic OH excluding ortho intramolecular Hbond substituents is 1. The Balaban J connectivity index is 1.55. The van der Waals surface area contributed by atoms with E-state index in [1.807, 2.05) is 0 Å². The average molecular weight is 398 g/mol. The number of Topliss-reactive ketones (excluding diaryl/α,β-unsaturated/α-hetero) is 1. The molecule has 1 unspecified atom stereocenters. The molecule has 0 spiro atoms. The molecule has 3 rings (SSSR count). The minimum atomic E-state index is -4.30. The van der Waals surface area contributed by atoms with Gasteiger partial charge in [0.05, 0.1) is 0 Å². The minimum Gasteiger partial charge on any atom is -0.508 e. The first kappa shape index (κ1) is 19.7. The third-order valence-electron chi connectivity index (χ3n) is 3.94. The second-order valence-corrected chi connectivity index (χ2v) is 7.38. The van der Waals surface area contributed by atoms with Crippen molar-refractivity contribution in [3.05, 3.63) is 90.0 Å². The van der Waals surface area contributed by atoms with Crippen LogP contribution in [0.1, 0.15) is 22.3 Å². The lowest BCUT2D eigenvalue weighted by Gasteiger charge is -2.14. The summed E-state index contributed by atoms with van der Waals surface area (Å²) in [6.07, 6.45) is 0.817. The molecule has 0 saturated carbocycles. The highest BCUT2D eigenvalue weighted by Crippen LogP contribution is 2.44. The van der Waals surface area contributed by atoms with Crippen molar-refractivity contribution >= 4 is 13.6 Å². The maximum absolute atomic E-state index is 12.2. The number of para-hydroxylation sites is 1. The number of phosphoric acid groups is 1. The van der Waals surface area contributed by atoms with Crippen LogP contribution in [-0.4, -0.2) is 15.8 Å². The summed E-state index contributed by atoms with van der Waals surface area (Å²) in [6.45, 7) is 0. The van der Waals surface area contributed by atoms with Gasteiger partial charge in [-0.1, -0.05) is 30.3 Å². The summed E-state index contributed by atoms with van der Waals surface area (Å²) in [5.41, 5.74) is 1.42. The molecule has 0 radical (unpaired) electrons. The Kier molecular flexibility index (Phi) is 6.14. The third-order valence-corrected chi connectivity index (χ3v) is 4.82. The van der Waals surface area contributed by atoms with Gasteiger partial charge in [-0.15, -0.1) is 0 Å². The van der Waals surface area contributed by atoms with Crippen molar-refractivity contribution in [2.75, 3.05) is 0 Å². The lowest BCUT2D eigenvalue weighted by atomic mass is 10.0. The molecule has 28 heavy (non-hydrogen) atoms. The van der Waals surface area contributed by atoms with Crippen molar-refractivity contribution in [3.63, 3.8) is 0 Å². The topological polar surface area (TPSA) is 93.1 Å². The molecule has 6 nitrogen and oxygen atoms in total. The first-order valence-corrected chi connectivity index (χ1v) is 10.1. The van der Waals surface area contributed by atoms with Gasteiger partial charge < -0.3 is 14.2 Å². The van der Waals surface area contributed by atoms with Gasteiger partial charge in [0.1, 0.15) is 17.2 Å². The van der Waals surface area contributed by atoms with Gasteiger partial charge in [-0.25, -0.2) is 4.57 Å². The number of aromatic hydroxyl groups is 1. The largest absolute Gasteiger partial charge is 0.584 e. The summed E-state index contributed by atoms with van der Waals surface area (Å²) in [5, 5.41) is 9.27. The molecule has 0 aromatic heterocycles. The van der Waals surface area contributed by atoms with E-state index in [0.717, 1.165) is 5.56 Å². The molecule has 0 fully saturated rings. The van der Waals surface area contributed by atoms with Crippen molar-refractivity contribution < 1.29 is 28.4 Å². The van der Waals surface area contributed by atoms with Gasteiger partial charge in [0.15, 0.2) is 5.78 Å². The summed E-state index contributed by atoms with van der Waals surface area (Å²) in [5.74, 6) is 0.508. The number of ketones is 1. The van der Waals surface area contributed by atoms with Crippen LogP contribution in [0.2, 0.25) is 0 Å². The van der Waals surface area contributed by atoms with E-state index in [0.29, 0.717) is 18.4 Å². The van der Waals surface area contributed by atoms with E-state index in [-0.39, 0.29) is 23.0 Å². The van der Waals surface area contributed by atoms with E-state index in [1.54, 1.807) is 66.7 Å². The third kappa shape index (κ3) is 5.71. The maximum atomic E-state index is 12.2. The van der Waals surface area contributed by atoms with Crippen molar-refractivity contribution in [2.24, 2.45) is 0 Å². The van der Waals surface area contributed by atoms with Crippen molar-refractivity contribution in [1.82, 2.24) is 0 Å². The highest BCUT2D eigenvalue weighted by atomic mass is 31.2. The molecule has 0 heterocycles. The van der Waals surface area contributed by atoms with E-state index < -0.39 is 7.82 Å². The van der Waals surface area contributed by atoms with Crippen LogP contribution in [0.3, 0.4) is 0 Å². The van der Waals surface area contributed by atoms with Crippen molar-refractivity contribution in [3.8, 4) is 17.2 Å². The van der Waals surface area contributed by atoms with Crippen LogP contribution in [0.5, 0.6) is 17.2 Å². The summed E-state index contributed by atoms with van der Waals surface area (Å²) >= 11 is 0. The van der Waals surface area contributed by atoms with Gasteiger partial charge in [0, 0.05) is 12.0 Å². The van der Waals surface area contributed by atoms with E-state index >= 15 is 0 Å². The molecule has 0 amide bonds. The average Bonchev–Trinajstić information content (AvgIpc) is 2.68. The number of aryl methyl sites for hydroxylation is 1. The molecule has 0 bridgehead atoms. The van der Waals surface area contributed by atoms with Crippen LogP contribution in [0.25, 0.3) is 0 Å². The van der Waals surface area contributed by atoms with Gasteiger partial charge in [0.2, 0.25) is 0 Å². The zero-order valence-corrected chi connectivity index (χ0v) is 15.8. The molecule has 0 aliphatic rings. The number of carbonyl (C=O) groups is 1. The Morgan fingerprint density at radius 1 is 0.821 bits per heavy atom. The van der Waals surface area contributed by atoms with Gasteiger partial charge >= 0.3 is 7.82 Å². The highest BCUT2D eigenvalue weighted by molar-refractivity contribution is 7.48. The fourth-order valence-electron chi connectivity index (χ4n) is 2.53. The number of carbonyl (C=O) groups excluding carboxylic acids is 1. The minimum absolute atomic E-state index is 0.0311. The van der Waals surface area contributed by atoms with Crippen LogP contribution < -0.4 is 9.05 Å². The molecular weight excluding hydrogens is 379 g/mol. The number of hydrogen-bond acceptors (Lipinski definition) is 5. The van der Waals surface area contributed by atoms with Crippen LogP contribution in [-0.2, 0) is 11.0 Å². The van der Waals surface area contributed by atoms with Gasteiger partial charge in [-0.3, -0.25) is 9.69 Å². The van der Waals surface area contributed by atoms with E-state index in [4.69, 9.17) is 9.05 Å². The molecule has 7 heteroatoms. The second kappa shape index (κ2) is 8.74. The van der Waals surface area contributed by atoms with Crippen molar-refractivity contribution in [1.29, 1.82) is 0 Å². The SMILES string of the molecule is O=C(CCc1ccc(OP(=O)(O)Oc2ccccc2)cc1)c1ccc(O)cc1. The molecular formula is C21H19O6P. The molecule has 0 aliphatic carbocycles. The first-order valence-electron chi connectivity index (χ1n) is 8.59. The maximum Gasteiger partial charge on any atom is 0.584 e. The van der Waals surface area contributed by atoms with E-state index in [1.165, 1.54) is 12.1 Å². The molecule has 3 aromatic carbocycles. The predicted molar refractivity (Wildman–Crippen MR) is 105 cm³/mol. The normalized spacial score (nSPS) is 12.8. The zero-order chi connectivity index (χ0) is 20.0. The molecule has 3 aromatic rings. The highest BCUT2D eigenvalue weighted by Gasteiger charge is 2.24. The van der Waals surface area contributed by atoms with Gasteiger partial charge in [0.25, 0.3) is 0 Å². The zero-order valence-electron chi connectivity index (χ0n) is 14.9. The fraction of sp³-hybridized carbons (Fsp3) is 0.0952.